The van der Waals surface area contributed by atoms with Gasteiger partial charge in [0.1, 0.15) is 5.82 Å². The molecule has 0 spiro atoms. The smallest absolute Gasteiger partial charge is 0.129 e. The molecule has 2 unspecified atom stereocenters. The van der Waals surface area contributed by atoms with Crippen LogP contribution in [0.25, 0.3) is 0 Å². The second kappa shape index (κ2) is 7.63. The van der Waals surface area contributed by atoms with Crippen LogP contribution in [-0.2, 0) is 17.3 Å². The van der Waals surface area contributed by atoms with Gasteiger partial charge in [0, 0.05) is 40.6 Å². The molecule has 3 nitrogen and oxygen atoms in total. The van der Waals surface area contributed by atoms with Crippen LogP contribution in [0.2, 0.25) is 0 Å². The summed E-state index contributed by atoms with van der Waals surface area (Å²) in [6, 6.07) is 13.8. The van der Waals surface area contributed by atoms with E-state index in [-0.39, 0.29) is 0 Å². The van der Waals surface area contributed by atoms with Gasteiger partial charge in [-0.1, -0.05) is 30.3 Å². The van der Waals surface area contributed by atoms with Crippen molar-refractivity contribution in [2.45, 2.75) is 17.5 Å². The zero-order valence-electron chi connectivity index (χ0n) is 12.7. The van der Waals surface area contributed by atoms with Crippen molar-refractivity contribution in [2.24, 2.45) is 0 Å². The Hall–Kier alpha value is -1.56. The molecule has 0 aliphatic rings. The SMILES string of the molecule is CN(Cc1ccc(S(C)=O)cc1)CC(O)c1ccccc1F. The first-order chi connectivity index (χ1) is 10.5. The van der Waals surface area contributed by atoms with Gasteiger partial charge in [-0.15, -0.1) is 0 Å². The Morgan fingerprint density at radius 2 is 1.82 bits per heavy atom. The molecule has 0 saturated carbocycles. The fourth-order valence-electron chi connectivity index (χ4n) is 2.30. The molecule has 0 amide bonds. The fraction of sp³-hybridized carbons (Fsp3) is 0.294. The van der Waals surface area contributed by atoms with Crippen molar-refractivity contribution >= 4 is 10.8 Å². The molecule has 0 heterocycles. The zero-order valence-corrected chi connectivity index (χ0v) is 13.5. The summed E-state index contributed by atoms with van der Waals surface area (Å²) < 4.78 is 25.0. The number of nitrogens with zero attached hydrogens (tertiary/aromatic N) is 1. The van der Waals surface area contributed by atoms with Crippen molar-refractivity contribution in [3.05, 3.63) is 65.5 Å². The van der Waals surface area contributed by atoms with Gasteiger partial charge in [0.05, 0.1) is 6.10 Å². The highest BCUT2D eigenvalue weighted by atomic mass is 32.2. The molecule has 0 saturated heterocycles. The van der Waals surface area contributed by atoms with Crippen LogP contribution >= 0.6 is 0 Å². The van der Waals surface area contributed by atoms with Gasteiger partial charge >= 0.3 is 0 Å². The molecule has 118 valence electrons. The molecular weight excluding hydrogens is 301 g/mol. The third-order valence-electron chi connectivity index (χ3n) is 3.46. The number of rotatable bonds is 6. The first kappa shape index (κ1) is 16.8. The van der Waals surface area contributed by atoms with E-state index in [2.05, 4.69) is 0 Å². The second-order valence-corrected chi connectivity index (χ2v) is 6.71. The standard InChI is InChI=1S/C17H20FNO2S/c1-19(11-13-7-9-14(10-8-13)22(2)21)12-17(20)15-5-3-4-6-16(15)18/h3-10,17,20H,11-12H2,1-2H3. The molecule has 2 aromatic rings. The maximum Gasteiger partial charge on any atom is 0.129 e. The van der Waals surface area contributed by atoms with Crippen LogP contribution in [-0.4, -0.2) is 34.1 Å². The second-order valence-electron chi connectivity index (χ2n) is 5.33. The minimum Gasteiger partial charge on any atom is -0.387 e. The Labute approximate surface area is 132 Å². The number of hydrogen-bond donors (Lipinski definition) is 1. The van der Waals surface area contributed by atoms with Crippen LogP contribution < -0.4 is 0 Å². The van der Waals surface area contributed by atoms with Gasteiger partial charge in [0.15, 0.2) is 0 Å². The lowest BCUT2D eigenvalue weighted by Crippen LogP contribution is -2.24. The number of aliphatic hydroxyl groups excluding tert-OH is 1. The Morgan fingerprint density at radius 3 is 2.41 bits per heavy atom. The van der Waals surface area contributed by atoms with E-state index in [1.807, 2.05) is 36.2 Å². The molecule has 2 rings (SSSR count). The minimum atomic E-state index is -0.982. The summed E-state index contributed by atoms with van der Waals surface area (Å²) in [6.07, 6.45) is 0.778. The van der Waals surface area contributed by atoms with Crippen molar-refractivity contribution < 1.29 is 13.7 Å². The number of hydrogen-bond acceptors (Lipinski definition) is 3. The largest absolute Gasteiger partial charge is 0.387 e. The molecule has 0 aliphatic carbocycles. The average Bonchev–Trinajstić information content (AvgIpc) is 2.48. The van der Waals surface area contributed by atoms with E-state index in [0.29, 0.717) is 18.7 Å². The minimum absolute atomic E-state index is 0.311. The zero-order chi connectivity index (χ0) is 16.1. The maximum atomic E-state index is 13.6. The molecule has 2 aromatic carbocycles. The van der Waals surface area contributed by atoms with Gasteiger partial charge in [0.2, 0.25) is 0 Å². The van der Waals surface area contributed by atoms with Crippen LogP contribution in [0, 0.1) is 5.82 Å². The van der Waals surface area contributed by atoms with E-state index in [0.717, 1.165) is 10.5 Å². The quantitative estimate of drug-likeness (QED) is 0.889. The molecule has 2 atom stereocenters. The molecule has 0 bridgehead atoms. The molecule has 5 heteroatoms. The Balaban J connectivity index is 1.96. The summed E-state index contributed by atoms with van der Waals surface area (Å²) in [6.45, 7) is 0.963. The van der Waals surface area contributed by atoms with E-state index in [1.54, 1.807) is 24.5 Å². The predicted molar refractivity (Wildman–Crippen MR) is 86.5 cm³/mol. The Kier molecular flexibility index (Phi) is 5.83. The average molecular weight is 321 g/mol. The van der Waals surface area contributed by atoms with E-state index in [9.17, 15) is 13.7 Å². The summed E-state index contributed by atoms with van der Waals surface area (Å²) in [5, 5.41) is 10.1. The summed E-state index contributed by atoms with van der Waals surface area (Å²) in [5.74, 6) is -0.391. The van der Waals surface area contributed by atoms with Crippen LogP contribution in [0.5, 0.6) is 0 Å². The molecule has 1 N–H and O–H groups in total. The number of likely N-dealkylation sites (N-methyl/N-ethyl adjacent to an activating group) is 1. The number of benzene rings is 2. The lowest BCUT2D eigenvalue weighted by Gasteiger charge is -2.21. The first-order valence-electron chi connectivity index (χ1n) is 7.01. The van der Waals surface area contributed by atoms with E-state index in [4.69, 9.17) is 0 Å². The number of aliphatic hydroxyl groups is 1. The van der Waals surface area contributed by atoms with Crippen LogP contribution in [0.3, 0.4) is 0 Å². The molecule has 22 heavy (non-hydrogen) atoms. The molecule has 0 fully saturated rings. The Bertz CT molecular complexity index is 645. The van der Waals surface area contributed by atoms with Gasteiger partial charge in [-0.2, -0.15) is 0 Å². The number of halogens is 1. The molecule has 0 aromatic heterocycles. The predicted octanol–water partition coefficient (Wildman–Crippen LogP) is 2.73. The van der Waals surface area contributed by atoms with Gasteiger partial charge in [0.25, 0.3) is 0 Å². The monoisotopic (exact) mass is 321 g/mol. The fourth-order valence-corrected chi connectivity index (χ4v) is 2.82. The van der Waals surface area contributed by atoms with Crippen molar-refractivity contribution in [3.63, 3.8) is 0 Å². The van der Waals surface area contributed by atoms with E-state index < -0.39 is 22.7 Å². The molecule has 0 aliphatic heterocycles. The van der Waals surface area contributed by atoms with Crippen molar-refractivity contribution in [1.29, 1.82) is 0 Å². The summed E-state index contributed by atoms with van der Waals surface area (Å²) >= 11 is 0. The van der Waals surface area contributed by atoms with Crippen LogP contribution in [0.1, 0.15) is 17.2 Å². The lowest BCUT2D eigenvalue weighted by atomic mass is 10.1. The lowest BCUT2D eigenvalue weighted by molar-refractivity contribution is 0.120. The molecular formula is C17H20FNO2S. The van der Waals surface area contributed by atoms with Crippen molar-refractivity contribution in [1.82, 2.24) is 4.90 Å². The highest BCUT2D eigenvalue weighted by molar-refractivity contribution is 7.84. The summed E-state index contributed by atoms with van der Waals surface area (Å²) in [4.78, 5) is 2.72. The summed E-state index contributed by atoms with van der Waals surface area (Å²) in [7, 11) is 0.889. The maximum absolute atomic E-state index is 13.6. The highest BCUT2D eigenvalue weighted by Gasteiger charge is 2.14. The molecule has 0 radical (unpaired) electrons. The van der Waals surface area contributed by atoms with Gasteiger partial charge in [-0.25, -0.2) is 4.39 Å². The van der Waals surface area contributed by atoms with Crippen LogP contribution in [0.4, 0.5) is 4.39 Å². The van der Waals surface area contributed by atoms with Crippen LogP contribution in [0.15, 0.2) is 53.4 Å². The van der Waals surface area contributed by atoms with Crippen molar-refractivity contribution in [3.8, 4) is 0 Å². The van der Waals surface area contributed by atoms with E-state index in [1.165, 1.54) is 6.07 Å². The normalized spacial score (nSPS) is 14.0. The Morgan fingerprint density at radius 1 is 1.18 bits per heavy atom. The van der Waals surface area contributed by atoms with Gasteiger partial charge < -0.3 is 5.11 Å². The van der Waals surface area contributed by atoms with Gasteiger partial charge in [-0.3, -0.25) is 9.11 Å². The highest BCUT2D eigenvalue weighted by Crippen LogP contribution is 2.18. The first-order valence-corrected chi connectivity index (χ1v) is 8.56. The van der Waals surface area contributed by atoms with Crippen molar-refractivity contribution in [2.75, 3.05) is 19.8 Å². The topological polar surface area (TPSA) is 40.5 Å². The third-order valence-corrected chi connectivity index (χ3v) is 4.39. The third kappa shape index (κ3) is 4.47. The van der Waals surface area contributed by atoms with Gasteiger partial charge in [-0.05, 0) is 30.8 Å². The summed E-state index contributed by atoms with van der Waals surface area (Å²) in [5.41, 5.74) is 1.36. The van der Waals surface area contributed by atoms with E-state index >= 15 is 0 Å².